The largest absolute Gasteiger partial charge is 0.495 e. The smallest absolute Gasteiger partial charge is 0.310 e. The molecule has 0 spiro atoms. The van der Waals surface area contributed by atoms with E-state index in [0.717, 1.165) is 0 Å². The highest BCUT2D eigenvalue weighted by atomic mass is 19.1. The summed E-state index contributed by atoms with van der Waals surface area (Å²) in [5, 5.41) is 0. The number of carbonyl (C=O) groups excluding carboxylic acids is 1. The quantitative estimate of drug-likeness (QED) is 0.537. The lowest BCUT2D eigenvalue weighted by molar-refractivity contribution is -0.139. The van der Waals surface area contributed by atoms with Gasteiger partial charge in [0.05, 0.1) is 26.8 Å². The molecule has 0 aromatic carbocycles. The van der Waals surface area contributed by atoms with Gasteiger partial charge in [-0.1, -0.05) is 0 Å². The maximum atomic E-state index is 13.0. The molecule has 1 aromatic rings. The molecule has 0 aliphatic carbocycles. The summed E-state index contributed by atoms with van der Waals surface area (Å²) >= 11 is 0. The number of rotatable bonds is 3. The van der Waals surface area contributed by atoms with E-state index in [4.69, 9.17) is 4.74 Å². The van der Waals surface area contributed by atoms with E-state index in [1.54, 1.807) is 0 Å². The monoisotopic (exact) mass is 199 g/mol. The topological polar surface area (TPSA) is 48.4 Å². The molecule has 1 heterocycles. The normalized spacial score (nSPS) is 9.64. The van der Waals surface area contributed by atoms with Crippen LogP contribution in [0.5, 0.6) is 5.75 Å². The molecule has 0 fully saturated rings. The highest BCUT2D eigenvalue weighted by molar-refractivity contribution is 5.72. The fraction of sp³-hybridized carbons (Fsp3) is 0.333. The van der Waals surface area contributed by atoms with Gasteiger partial charge in [-0.3, -0.25) is 4.79 Å². The van der Waals surface area contributed by atoms with Crippen molar-refractivity contribution in [3.63, 3.8) is 0 Å². The average Bonchev–Trinajstić information content (AvgIpc) is 2.21. The fourth-order valence-corrected chi connectivity index (χ4v) is 0.935. The fourth-order valence-electron chi connectivity index (χ4n) is 0.935. The van der Waals surface area contributed by atoms with Crippen molar-refractivity contribution >= 4 is 5.97 Å². The summed E-state index contributed by atoms with van der Waals surface area (Å²) in [6.45, 7) is 0. The molecule has 0 N–H and O–H groups in total. The summed E-state index contributed by atoms with van der Waals surface area (Å²) in [7, 11) is 2.69. The van der Waals surface area contributed by atoms with E-state index in [1.807, 2.05) is 0 Å². The van der Waals surface area contributed by atoms with Crippen LogP contribution < -0.4 is 4.74 Å². The number of carbonyl (C=O) groups is 1. The maximum Gasteiger partial charge on any atom is 0.310 e. The van der Waals surface area contributed by atoms with Crippen LogP contribution in [0.15, 0.2) is 12.3 Å². The Morgan fingerprint density at radius 3 is 2.86 bits per heavy atom. The number of ether oxygens (including phenoxy) is 2. The third-order valence-electron chi connectivity index (χ3n) is 1.68. The van der Waals surface area contributed by atoms with Crippen molar-refractivity contribution in [2.45, 2.75) is 6.42 Å². The van der Waals surface area contributed by atoms with E-state index in [1.165, 1.54) is 26.5 Å². The first-order valence-corrected chi connectivity index (χ1v) is 3.92. The minimum Gasteiger partial charge on any atom is -0.495 e. The highest BCUT2D eigenvalue weighted by Crippen LogP contribution is 2.14. The van der Waals surface area contributed by atoms with Gasteiger partial charge in [-0.05, 0) is 6.07 Å². The Hall–Kier alpha value is -1.65. The molecular formula is C9H10FNO3. The zero-order valence-corrected chi connectivity index (χ0v) is 7.91. The Morgan fingerprint density at radius 1 is 1.57 bits per heavy atom. The van der Waals surface area contributed by atoms with Gasteiger partial charge >= 0.3 is 5.97 Å². The van der Waals surface area contributed by atoms with E-state index >= 15 is 0 Å². The van der Waals surface area contributed by atoms with E-state index in [0.29, 0.717) is 5.75 Å². The number of hydrogen-bond donors (Lipinski definition) is 0. The third-order valence-corrected chi connectivity index (χ3v) is 1.68. The zero-order valence-electron chi connectivity index (χ0n) is 7.91. The van der Waals surface area contributed by atoms with Crippen LogP contribution in [0.2, 0.25) is 0 Å². The Labute approximate surface area is 80.7 Å². The molecule has 0 amide bonds. The molecule has 0 bridgehead atoms. The van der Waals surface area contributed by atoms with Gasteiger partial charge in [0.25, 0.3) is 0 Å². The minimum absolute atomic E-state index is 0.146. The summed E-state index contributed by atoms with van der Waals surface area (Å²) in [6.07, 6.45) is 1.10. The molecule has 76 valence electrons. The molecule has 0 aliphatic rings. The van der Waals surface area contributed by atoms with Crippen LogP contribution in [-0.2, 0) is 16.0 Å². The minimum atomic E-state index is -0.684. The number of esters is 1. The van der Waals surface area contributed by atoms with Crippen molar-refractivity contribution in [3.05, 3.63) is 23.8 Å². The maximum absolute atomic E-state index is 13.0. The van der Waals surface area contributed by atoms with Gasteiger partial charge in [-0.25, -0.2) is 4.98 Å². The number of halogens is 1. The van der Waals surface area contributed by atoms with E-state index in [2.05, 4.69) is 9.72 Å². The lowest BCUT2D eigenvalue weighted by atomic mass is 10.2. The zero-order chi connectivity index (χ0) is 10.6. The summed E-state index contributed by atoms with van der Waals surface area (Å²) in [5.41, 5.74) is 0.163. The van der Waals surface area contributed by atoms with Crippen LogP contribution >= 0.6 is 0 Å². The number of pyridine rings is 1. The Morgan fingerprint density at radius 2 is 2.29 bits per heavy atom. The molecule has 1 rings (SSSR count). The number of methoxy groups -OCH3 is 2. The molecule has 5 heteroatoms. The second-order valence-electron chi connectivity index (χ2n) is 2.58. The van der Waals surface area contributed by atoms with Gasteiger partial charge in [0, 0.05) is 5.56 Å². The lowest BCUT2D eigenvalue weighted by Gasteiger charge is -2.03. The van der Waals surface area contributed by atoms with Gasteiger partial charge in [0.15, 0.2) is 0 Å². The van der Waals surface area contributed by atoms with Gasteiger partial charge in [0.2, 0.25) is 5.95 Å². The molecule has 0 saturated heterocycles. The molecule has 0 saturated carbocycles. The van der Waals surface area contributed by atoms with Gasteiger partial charge < -0.3 is 9.47 Å². The predicted molar refractivity (Wildman–Crippen MR) is 46.5 cm³/mol. The van der Waals surface area contributed by atoms with Crippen LogP contribution in [0.3, 0.4) is 0 Å². The van der Waals surface area contributed by atoms with E-state index in [9.17, 15) is 9.18 Å². The molecular weight excluding hydrogens is 189 g/mol. The standard InChI is InChI=1S/C9H10FNO3/c1-13-7-3-6(4-8(12)14-2)9(10)11-5-7/h3,5H,4H2,1-2H3. The number of hydrogen-bond acceptors (Lipinski definition) is 4. The lowest BCUT2D eigenvalue weighted by Crippen LogP contribution is -2.07. The molecule has 0 radical (unpaired) electrons. The SMILES string of the molecule is COC(=O)Cc1cc(OC)cnc1F. The van der Waals surface area contributed by atoms with Crippen molar-refractivity contribution in [2.24, 2.45) is 0 Å². The predicted octanol–water partition coefficient (Wildman–Crippen LogP) is 0.945. The highest BCUT2D eigenvalue weighted by Gasteiger charge is 2.10. The van der Waals surface area contributed by atoms with Crippen LogP contribution in [0.25, 0.3) is 0 Å². The van der Waals surface area contributed by atoms with Crippen LogP contribution in [-0.4, -0.2) is 25.2 Å². The summed E-state index contributed by atoms with van der Waals surface area (Å²) in [4.78, 5) is 14.3. The first-order valence-electron chi connectivity index (χ1n) is 3.92. The second kappa shape index (κ2) is 4.55. The van der Waals surface area contributed by atoms with Crippen LogP contribution in [0.4, 0.5) is 4.39 Å². The summed E-state index contributed by atoms with van der Waals surface area (Å²) < 4.78 is 22.3. The Bertz CT molecular complexity index is 341. The third kappa shape index (κ3) is 2.42. The average molecular weight is 199 g/mol. The molecule has 0 aliphatic heterocycles. The van der Waals surface area contributed by atoms with Gasteiger partial charge in [0.1, 0.15) is 5.75 Å². The van der Waals surface area contributed by atoms with Crippen molar-refractivity contribution in [2.75, 3.05) is 14.2 Å². The van der Waals surface area contributed by atoms with E-state index in [-0.39, 0.29) is 12.0 Å². The Kier molecular flexibility index (Phi) is 3.39. The van der Waals surface area contributed by atoms with Gasteiger partial charge in [-0.2, -0.15) is 4.39 Å². The summed E-state index contributed by atoms with van der Waals surface area (Å²) in [6, 6.07) is 1.42. The molecule has 1 aromatic heterocycles. The Balaban J connectivity index is 2.89. The van der Waals surface area contributed by atoms with Crippen molar-refractivity contribution < 1.29 is 18.7 Å². The van der Waals surface area contributed by atoms with Crippen LogP contribution in [0.1, 0.15) is 5.56 Å². The van der Waals surface area contributed by atoms with E-state index < -0.39 is 11.9 Å². The molecule has 0 unspecified atom stereocenters. The van der Waals surface area contributed by atoms with Crippen LogP contribution in [0, 0.1) is 5.95 Å². The molecule has 14 heavy (non-hydrogen) atoms. The van der Waals surface area contributed by atoms with Crippen molar-refractivity contribution in [1.29, 1.82) is 0 Å². The number of aromatic nitrogens is 1. The molecule has 4 nitrogen and oxygen atoms in total. The van der Waals surface area contributed by atoms with Crippen molar-refractivity contribution in [1.82, 2.24) is 4.98 Å². The first-order chi connectivity index (χ1) is 6.67. The summed E-state index contributed by atoms with van der Waals surface area (Å²) in [5.74, 6) is -0.791. The van der Waals surface area contributed by atoms with Gasteiger partial charge in [-0.15, -0.1) is 0 Å². The number of nitrogens with zero attached hydrogens (tertiary/aromatic N) is 1. The second-order valence-corrected chi connectivity index (χ2v) is 2.58. The first kappa shape index (κ1) is 10.4. The van der Waals surface area contributed by atoms with Crippen molar-refractivity contribution in [3.8, 4) is 5.75 Å². The molecule has 0 atom stereocenters.